The molecule has 5 heteroatoms. The molecule has 5 nitrogen and oxygen atoms in total. The summed E-state index contributed by atoms with van der Waals surface area (Å²) in [6.07, 6.45) is 1.01. The molecule has 0 saturated heterocycles. The van der Waals surface area contributed by atoms with E-state index in [1.165, 1.54) is 4.90 Å². The standard InChI is InChI=1S/C10H20N2O3/c1-5-10(6-2,8(13)14)7-11-9(15)12(3)4/h5-7H2,1-4H3,(H,11,15)(H,13,14). The molecule has 0 bridgehead atoms. The van der Waals surface area contributed by atoms with Gasteiger partial charge >= 0.3 is 12.0 Å². The summed E-state index contributed by atoms with van der Waals surface area (Å²) >= 11 is 0. The van der Waals surface area contributed by atoms with Gasteiger partial charge in [0, 0.05) is 20.6 Å². The lowest BCUT2D eigenvalue weighted by Crippen LogP contribution is -2.45. The van der Waals surface area contributed by atoms with Gasteiger partial charge in [-0.25, -0.2) is 4.79 Å². The lowest BCUT2D eigenvalue weighted by atomic mass is 9.82. The maximum absolute atomic E-state index is 11.3. The Morgan fingerprint density at radius 1 is 1.27 bits per heavy atom. The van der Waals surface area contributed by atoms with Gasteiger partial charge in [0.25, 0.3) is 0 Å². The van der Waals surface area contributed by atoms with Crippen molar-refractivity contribution in [2.45, 2.75) is 26.7 Å². The van der Waals surface area contributed by atoms with Crippen molar-refractivity contribution in [1.82, 2.24) is 10.2 Å². The highest BCUT2D eigenvalue weighted by Gasteiger charge is 2.35. The second-order valence-corrected chi connectivity index (χ2v) is 3.85. The molecule has 0 aromatic rings. The van der Waals surface area contributed by atoms with Crippen molar-refractivity contribution in [3.8, 4) is 0 Å². The number of amides is 2. The molecule has 0 spiro atoms. The summed E-state index contributed by atoms with van der Waals surface area (Å²) in [4.78, 5) is 23.8. The lowest BCUT2D eigenvalue weighted by Gasteiger charge is -2.27. The highest BCUT2D eigenvalue weighted by atomic mass is 16.4. The van der Waals surface area contributed by atoms with Crippen LogP contribution in [0.4, 0.5) is 4.79 Å². The van der Waals surface area contributed by atoms with Gasteiger partial charge < -0.3 is 15.3 Å². The number of carboxylic acids is 1. The topological polar surface area (TPSA) is 69.6 Å². The molecule has 88 valence electrons. The molecule has 0 atom stereocenters. The van der Waals surface area contributed by atoms with Gasteiger partial charge in [0.05, 0.1) is 5.41 Å². The van der Waals surface area contributed by atoms with Crippen LogP contribution in [-0.2, 0) is 4.79 Å². The van der Waals surface area contributed by atoms with E-state index in [0.29, 0.717) is 12.8 Å². The zero-order valence-corrected chi connectivity index (χ0v) is 9.83. The molecule has 0 saturated carbocycles. The molecule has 0 aliphatic carbocycles. The fourth-order valence-corrected chi connectivity index (χ4v) is 1.28. The van der Waals surface area contributed by atoms with Crippen LogP contribution in [0.2, 0.25) is 0 Å². The molecule has 0 aliphatic rings. The molecule has 0 aromatic heterocycles. The Labute approximate surface area is 90.5 Å². The van der Waals surface area contributed by atoms with Crippen LogP contribution in [0.25, 0.3) is 0 Å². The molecule has 0 fully saturated rings. The first kappa shape index (κ1) is 13.7. The number of rotatable bonds is 5. The number of aliphatic carboxylic acids is 1. The van der Waals surface area contributed by atoms with Gasteiger partial charge in [0.2, 0.25) is 0 Å². The van der Waals surface area contributed by atoms with E-state index in [2.05, 4.69) is 5.32 Å². The number of carbonyl (C=O) groups is 2. The van der Waals surface area contributed by atoms with Gasteiger partial charge in [0.15, 0.2) is 0 Å². The van der Waals surface area contributed by atoms with Gasteiger partial charge in [-0.2, -0.15) is 0 Å². The van der Waals surface area contributed by atoms with Gasteiger partial charge in [0.1, 0.15) is 0 Å². The Morgan fingerprint density at radius 3 is 2.00 bits per heavy atom. The van der Waals surface area contributed by atoms with Crippen LogP contribution < -0.4 is 5.32 Å². The fraction of sp³-hybridized carbons (Fsp3) is 0.800. The van der Waals surface area contributed by atoms with E-state index in [0.717, 1.165) is 0 Å². The van der Waals surface area contributed by atoms with Crippen LogP contribution in [0.3, 0.4) is 0 Å². The van der Waals surface area contributed by atoms with Gasteiger partial charge in [-0.05, 0) is 12.8 Å². The van der Waals surface area contributed by atoms with Crippen molar-refractivity contribution in [1.29, 1.82) is 0 Å². The van der Waals surface area contributed by atoms with Gasteiger partial charge in [-0.1, -0.05) is 13.8 Å². The summed E-state index contributed by atoms with van der Waals surface area (Å²) in [7, 11) is 3.24. The molecule has 2 amide bonds. The summed E-state index contributed by atoms with van der Waals surface area (Å²) in [5, 5.41) is 11.7. The third kappa shape index (κ3) is 3.42. The smallest absolute Gasteiger partial charge is 0.316 e. The molecule has 0 aliphatic heterocycles. The van der Waals surface area contributed by atoms with Gasteiger partial charge in [-0.3, -0.25) is 4.79 Å². The Hall–Kier alpha value is -1.26. The third-order valence-corrected chi connectivity index (χ3v) is 2.79. The number of hydrogen-bond acceptors (Lipinski definition) is 2. The van der Waals surface area contributed by atoms with E-state index in [1.54, 1.807) is 14.1 Å². The minimum atomic E-state index is -0.855. The second kappa shape index (κ2) is 5.58. The molecular formula is C10H20N2O3. The van der Waals surface area contributed by atoms with Crippen molar-refractivity contribution in [3.63, 3.8) is 0 Å². The number of hydrogen-bond donors (Lipinski definition) is 2. The van der Waals surface area contributed by atoms with E-state index in [1.807, 2.05) is 13.8 Å². The first-order valence-corrected chi connectivity index (χ1v) is 5.08. The highest BCUT2D eigenvalue weighted by molar-refractivity contribution is 5.77. The zero-order chi connectivity index (χ0) is 12.1. The maximum Gasteiger partial charge on any atom is 0.316 e. The molecule has 0 unspecified atom stereocenters. The third-order valence-electron chi connectivity index (χ3n) is 2.79. The molecular weight excluding hydrogens is 196 g/mol. The Kier molecular flexibility index (Phi) is 5.11. The van der Waals surface area contributed by atoms with Crippen molar-refractivity contribution in [3.05, 3.63) is 0 Å². The Bertz CT molecular complexity index is 235. The van der Waals surface area contributed by atoms with Crippen LogP contribution >= 0.6 is 0 Å². The van der Waals surface area contributed by atoms with E-state index in [9.17, 15) is 9.59 Å². The normalized spacial score (nSPS) is 10.9. The van der Waals surface area contributed by atoms with E-state index in [-0.39, 0.29) is 12.6 Å². The fourth-order valence-electron chi connectivity index (χ4n) is 1.28. The molecule has 0 heterocycles. The number of urea groups is 1. The maximum atomic E-state index is 11.3. The van der Waals surface area contributed by atoms with Crippen LogP contribution in [0, 0.1) is 5.41 Å². The first-order chi connectivity index (χ1) is 6.89. The van der Waals surface area contributed by atoms with Crippen molar-refractivity contribution in [2.24, 2.45) is 5.41 Å². The van der Waals surface area contributed by atoms with Crippen LogP contribution in [0.1, 0.15) is 26.7 Å². The molecule has 2 N–H and O–H groups in total. The molecule has 0 aromatic carbocycles. The summed E-state index contributed by atoms with van der Waals surface area (Å²) in [6.45, 7) is 3.81. The SMILES string of the molecule is CCC(CC)(CNC(=O)N(C)C)C(=O)O. The second-order valence-electron chi connectivity index (χ2n) is 3.85. The van der Waals surface area contributed by atoms with E-state index < -0.39 is 11.4 Å². The van der Waals surface area contributed by atoms with Crippen molar-refractivity contribution in [2.75, 3.05) is 20.6 Å². The Morgan fingerprint density at radius 2 is 1.73 bits per heavy atom. The zero-order valence-electron chi connectivity index (χ0n) is 9.83. The van der Waals surface area contributed by atoms with Crippen LogP contribution in [0.15, 0.2) is 0 Å². The summed E-state index contributed by atoms with van der Waals surface area (Å²) in [5.41, 5.74) is -0.842. The highest BCUT2D eigenvalue weighted by Crippen LogP contribution is 2.25. The lowest BCUT2D eigenvalue weighted by molar-refractivity contribution is -0.149. The van der Waals surface area contributed by atoms with Crippen LogP contribution in [-0.4, -0.2) is 42.6 Å². The first-order valence-electron chi connectivity index (χ1n) is 5.08. The van der Waals surface area contributed by atoms with E-state index in [4.69, 9.17) is 5.11 Å². The number of carboxylic acid groups (broad SMARTS) is 1. The average Bonchev–Trinajstić information content (AvgIpc) is 2.19. The monoisotopic (exact) mass is 216 g/mol. The number of nitrogens with zero attached hydrogens (tertiary/aromatic N) is 1. The predicted molar refractivity (Wildman–Crippen MR) is 57.7 cm³/mol. The largest absolute Gasteiger partial charge is 0.481 e. The van der Waals surface area contributed by atoms with E-state index >= 15 is 0 Å². The molecule has 0 radical (unpaired) electrons. The minimum Gasteiger partial charge on any atom is -0.481 e. The summed E-state index contributed by atoms with van der Waals surface area (Å²) in [5.74, 6) is -0.855. The summed E-state index contributed by atoms with van der Waals surface area (Å²) in [6, 6.07) is -0.262. The molecule has 0 rings (SSSR count). The quantitative estimate of drug-likeness (QED) is 0.724. The Balaban J connectivity index is 4.44. The average molecular weight is 216 g/mol. The summed E-state index contributed by atoms with van der Waals surface area (Å²) < 4.78 is 0. The van der Waals surface area contributed by atoms with Crippen molar-refractivity contribution < 1.29 is 14.7 Å². The van der Waals surface area contributed by atoms with Crippen LogP contribution in [0.5, 0.6) is 0 Å². The number of nitrogens with one attached hydrogen (secondary N) is 1. The minimum absolute atomic E-state index is 0.173. The van der Waals surface area contributed by atoms with Gasteiger partial charge in [-0.15, -0.1) is 0 Å². The number of carbonyl (C=O) groups excluding carboxylic acids is 1. The van der Waals surface area contributed by atoms with Crippen molar-refractivity contribution >= 4 is 12.0 Å². The molecule has 15 heavy (non-hydrogen) atoms. The predicted octanol–water partition coefficient (Wildman–Crippen LogP) is 1.15.